The molecule has 5 heteroatoms. The van der Waals surface area contributed by atoms with Crippen molar-refractivity contribution in [3.05, 3.63) is 35.1 Å². The molecule has 2 bridgehead atoms. The van der Waals surface area contributed by atoms with Crippen LogP contribution in [0.1, 0.15) is 24.0 Å². The third-order valence-electron chi connectivity index (χ3n) is 6.37. The van der Waals surface area contributed by atoms with Crippen LogP contribution in [-0.2, 0) is 16.6 Å². The SMILES string of the molecule is COC1=C[C@H]2[C@H]3Cc4ccc(OC)c(O)c4[C@]2(CCN3C)CC1O. The van der Waals surface area contributed by atoms with E-state index in [-0.39, 0.29) is 17.1 Å². The summed E-state index contributed by atoms with van der Waals surface area (Å²) in [5.41, 5.74) is 1.88. The lowest BCUT2D eigenvalue weighted by Crippen LogP contribution is -2.60. The van der Waals surface area contributed by atoms with E-state index in [0.29, 0.717) is 24.0 Å². The van der Waals surface area contributed by atoms with E-state index in [1.807, 2.05) is 6.07 Å². The van der Waals surface area contributed by atoms with Crippen molar-refractivity contribution in [2.24, 2.45) is 5.92 Å². The van der Waals surface area contributed by atoms with Gasteiger partial charge in [0, 0.05) is 22.9 Å². The summed E-state index contributed by atoms with van der Waals surface area (Å²) in [6.45, 7) is 0.958. The van der Waals surface area contributed by atoms with Crippen molar-refractivity contribution >= 4 is 0 Å². The minimum Gasteiger partial charge on any atom is -0.504 e. The van der Waals surface area contributed by atoms with Gasteiger partial charge < -0.3 is 24.6 Å². The topological polar surface area (TPSA) is 62.2 Å². The third kappa shape index (κ3) is 1.94. The van der Waals surface area contributed by atoms with E-state index in [9.17, 15) is 10.2 Å². The van der Waals surface area contributed by atoms with Crippen molar-refractivity contribution in [3.8, 4) is 11.5 Å². The Morgan fingerprint density at radius 1 is 1.25 bits per heavy atom. The largest absolute Gasteiger partial charge is 0.504 e. The standard InChI is InChI=1S/C19H25NO4/c1-20-7-6-19-10-14(21)16(24-3)9-12(19)13(20)8-11-4-5-15(23-2)18(22)17(11)19/h4-5,9,12-14,21-22H,6-8,10H2,1-3H3/t12-,13+,14?,19+/m0/s1. The van der Waals surface area contributed by atoms with Gasteiger partial charge in [-0.25, -0.2) is 0 Å². The molecule has 1 aliphatic heterocycles. The number of hydrogen-bond acceptors (Lipinski definition) is 5. The zero-order valence-corrected chi connectivity index (χ0v) is 14.5. The first kappa shape index (κ1) is 15.8. The van der Waals surface area contributed by atoms with E-state index in [0.717, 1.165) is 24.9 Å². The molecular formula is C19H25NO4. The van der Waals surface area contributed by atoms with Crippen LogP contribution in [0.2, 0.25) is 0 Å². The van der Waals surface area contributed by atoms with Crippen LogP contribution in [-0.4, -0.2) is 55.1 Å². The fourth-order valence-electron chi connectivity index (χ4n) is 5.20. The summed E-state index contributed by atoms with van der Waals surface area (Å²) in [4.78, 5) is 2.40. The molecule has 0 saturated carbocycles. The lowest BCUT2D eigenvalue weighted by molar-refractivity contribution is -0.00381. The van der Waals surface area contributed by atoms with E-state index in [1.165, 1.54) is 5.56 Å². The number of aliphatic hydroxyl groups is 1. The van der Waals surface area contributed by atoms with Crippen LogP contribution in [0.15, 0.2) is 24.0 Å². The Morgan fingerprint density at radius 3 is 2.75 bits per heavy atom. The first-order valence-electron chi connectivity index (χ1n) is 8.55. The Labute approximate surface area is 142 Å². The summed E-state index contributed by atoms with van der Waals surface area (Å²) in [5, 5.41) is 21.5. The number of rotatable bonds is 2. The number of hydrogen-bond donors (Lipinski definition) is 2. The Hall–Kier alpha value is -1.72. The molecule has 4 rings (SSSR count). The molecule has 1 unspecified atom stereocenters. The van der Waals surface area contributed by atoms with Crippen molar-refractivity contribution in [1.29, 1.82) is 0 Å². The van der Waals surface area contributed by atoms with Crippen LogP contribution in [0.25, 0.3) is 0 Å². The molecule has 0 amide bonds. The van der Waals surface area contributed by atoms with Crippen molar-refractivity contribution in [2.45, 2.75) is 36.8 Å². The van der Waals surface area contributed by atoms with Crippen molar-refractivity contribution < 1.29 is 19.7 Å². The number of likely N-dealkylation sites (tertiary alicyclic amines) is 1. The second-order valence-electron chi connectivity index (χ2n) is 7.33. The average molecular weight is 331 g/mol. The zero-order chi connectivity index (χ0) is 17.1. The Kier molecular flexibility index (Phi) is 3.55. The molecule has 2 N–H and O–H groups in total. The highest BCUT2D eigenvalue weighted by Crippen LogP contribution is 2.58. The zero-order valence-electron chi connectivity index (χ0n) is 14.5. The highest BCUT2D eigenvalue weighted by atomic mass is 16.5. The van der Waals surface area contributed by atoms with Gasteiger partial charge in [0.05, 0.1) is 14.2 Å². The Morgan fingerprint density at radius 2 is 2.04 bits per heavy atom. The molecule has 1 heterocycles. The van der Waals surface area contributed by atoms with Crippen LogP contribution >= 0.6 is 0 Å². The van der Waals surface area contributed by atoms with Crippen LogP contribution < -0.4 is 4.74 Å². The van der Waals surface area contributed by atoms with Gasteiger partial charge in [0.1, 0.15) is 11.9 Å². The fraction of sp³-hybridized carbons (Fsp3) is 0.579. The lowest BCUT2D eigenvalue weighted by Gasteiger charge is -2.57. The van der Waals surface area contributed by atoms with Gasteiger partial charge in [-0.15, -0.1) is 0 Å². The van der Waals surface area contributed by atoms with Gasteiger partial charge in [0.25, 0.3) is 0 Å². The molecule has 5 nitrogen and oxygen atoms in total. The van der Waals surface area contributed by atoms with Gasteiger partial charge in [-0.05, 0) is 50.6 Å². The van der Waals surface area contributed by atoms with Crippen LogP contribution in [0.5, 0.6) is 11.5 Å². The Balaban J connectivity index is 1.95. The number of methoxy groups -OCH3 is 2. The molecule has 3 aliphatic rings. The number of nitrogens with zero attached hydrogens (tertiary/aromatic N) is 1. The molecule has 4 atom stereocenters. The van der Waals surface area contributed by atoms with Crippen LogP contribution in [0.3, 0.4) is 0 Å². The third-order valence-corrected chi connectivity index (χ3v) is 6.37. The summed E-state index contributed by atoms with van der Waals surface area (Å²) in [6.07, 6.45) is 3.83. The molecule has 24 heavy (non-hydrogen) atoms. The number of phenols is 1. The predicted molar refractivity (Wildman–Crippen MR) is 90.3 cm³/mol. The average Bonchev–Trinajstić information content (AvgIpc) is 2.57. The number of aromatic hydroxyl groups is 1. The number of fused-ring (bicyclic) bond motifs is 1. The highest BCUT2D eigenvalue weighted by Gasteiger charge is 2.56. The van der Waals surface area contributed by atoms with Crippen LogP contribution in [0, 0.1) is 5.92 Å². The van der Waals surface area contributed by atoms with E-state index in [1.54, 1.807) is 14.2 Å². The van der Waals surface area contributed by atoms with Gasteiger partial charge in [0.2, 0.25) is 0 Å². The van der Waals surface area contributed by atoms with Gasteiger partial charge in [-0.3, -0.25) is 0 Å². The highest BCUT2D eigenvalue weighted by molar-refractivity contribution is 5.57. The lowest BCUT2D eigenvalue weighted by atomic mass is 9.53. The normalized spacial score (nSPS) is 34.8. The van der Waals surface area contributed by atoms with Gasteiger partial charge in [-0.2, -0.15) is 0 Å². The number of benzene rings is 1. The van der Waals surface area contributed by atoms with E-state index in [2.05, 4.69) is 24.1 Å². The molecule has 0 spiro atoms. The van der Waals surface area contributed by atoms with Gasteiger partial charge in [-0.1, -0.05) is 6.07 Å². The Bertz CT molecular complexity index is 701. The van der Waals surface area contributed by atoms with E-state index >= 15 is 0 Å². The summed E-state index contributed by atoms with van der Waals surface area (Å²) in [5.74, 6) is 1.63. The van der Waals surface area contributed by atoms with Gasteiger partial charge in [0.15, 0.2) is 11.5 Å². The number of likely N-dealkylation sites (N-methyl/N-ethyl adjacent to an activating group) is 1. The number of phenolic OH excluding ortho intramolecular Hbond substituents is 1. The van der Waals surface area contributed by atoms with Gasteiger partial charge >= 0.3 is 0 Å². The molecule has 130 valence electrons. The molecule has 1 saturated heterocycles. The molecule has 1 fully saturated rings. The summed E-state index contributed by atoms with van der Waals surface area (Å²) in [6, 6.07) is 4.27. The van der Waals surface area contributed by atoms with Crippen LogP contribution in [0.4, 0.5) is 0 Å². The maximum atomic E-state index is 10.9. The summed E-state index contributed by atoms with van der Waals surface area (Å²) in [7, 11) is 5.35. The maximum Gasteiger partial charge on any atom is 0.161 e. The predicted octanol–water partition coefficient (Wildman–Crippen LogP) is 1.81. The molecule has 2 aliphatic carbocycles. The van der Waals surface area contributed by atoms with Crippen molar-refractivity contribution in [1.82, 2.24) is 4.90 Å². The minimum atomic E-state index is -0.633. The number of ether oxygens (including phenoxy) is 2. The van der Waals surface area contributed by atoms with E-state index < -0.39 is 6.10 Å². The molecule has 0 aromatic heterocycles. The smallest absolute Gasteiger partial charge is 0.161 e. The second kappa shape index (κ2) is 5.39. The first-order chi connectivity index (χ1) is 11.5. The van der Waals surface area contributed by atoms with E-state index in [4.69, 9.17) is 9.47 Å². The number of aliphatic hydroxyl groups excluding tert-OH is 1. The summed E-state index contributed by atoms with van der Waals surface area (Å²) < 4.78 is 10.8. The first-order valence-corrected chi connectivity index (χ1v) is 8.55. The monoisotopic (exact) mass is 331 g/mol. The molecule has 1 aromatic carbocycles. The quantitative estimate of drug-likeness (QED) is 0.865. The minimum absolute atomic E-state index is 0.222. The molecule has 1 aromatic rings. The second-order valence-corrected chi connectivity index (χ2v) is 7.33. The molecule has 0 radical (unpaired) electrons. The molecular weight excluding hydrogens is 306 g/mol. The summed E-state index contributed by atoms with van der Waals surface area (Å²) >= 11 is 0. The maximum absolute atomic E-state index is 10.9. The number of piperidine rings is 1. The van der Waals surface area contributed by atoms with Crippen molar-refractivity contribution in [3.63, 3.8) is 0 Å². The fourth-order valence-corrected chi connectivity index (χ4v) is 5.20. The van der Waals surface area contributed by atoms with Crippen molar-refractivity contribution in [2.75, 3.05) is 27.8 Å².